The maximum atomic E-state index is 12.1. The van der Waals surface area contributed by atoms with Crippen molar-refractivity contribution in [2.24, 2.45) is 5.73 Å². The average Bonchev–Trinajstić information content (AvgIpc) is 3.08. The molecule has 1 heterocycles. The standard InChI is InChI=1S/C18H20N4O4S2/c19-18(24)11-5-6-15(13(9-11)22(25)26)27-10-16(23)20-8-7-17-21-12-3-1-2-4-14(12)28-17/h5-6,9H,1-4,7-8,10H2,(H2,19,24)(H,20,23). The second kappa shape index (κ2) is 9.16. The summed E-state index contributed by atoms with van der Waals surface area (Å²) >= 11 is 2.78. The van der Waals surface area contributed by atoms with Crippen LogP contribution in [0.4, 0.5) is 5.69 Å². The number of thioether (sulfide) groups is 1. The molecule has 0 saturated heterocycles. The van der Waals surface area contributed by atoms with Crippen LogP contribution in [0.3, 0.4) is 0 Å². The molecule has 0 fully saturated rings. The molecule has 8 nitrogen and oxygen atoms in total. The first-order valence-electron chi connectivity index (χ1n) is 8.89. The Kier molecular flexibility index (Phi) is 6.63. The largest absolute Gasteiger partial charge is 0.366 e. The SMILES string of the molecule is NC(=O)c1ccc(SCC(=O)NCCc2nc3c(s2)CCCC3)c([N+](=O)[O-])c1. The number of carbonyl (C=O) groups excluding carboxylic acids is 2. The number of benzene rings is 1. The molecular formula is C18H20N4O4S2. The molecule has 10 heteroatoms. The number of nitrogens with one attached hydrogen (secondary N) is 1. The number of hydrogen-bond acceptors (Lipinski definition) is 7. The summed E-state index contributed by atoms with van der Waals surface area (Å²) in [5, 5.41) is 15.0. The van der Waals surface area contributed by atoms with E-state index in [-0.39, 0.29) is 22.9 Å². The Labute approximate surface area is 170 Å². The highest BCUT2D eigenvalue weighted by Gasteiger charge is 2.18. The third-order valence-corrected chi connectivity index (χ3v) is 6.63. The van der Waals surface area contributed by atoms with Gasteiger partial charge in [-0.2, -0.15) is 0 Å². The van der Waals surface area contributed by atoms with Gasteiger partial charge in [-0.15, -0.1) is 23.1 Å². The van der Waals surface area contributed by atoms with Crippen molar-refractivity contribution in [3.05, 3.63) is 49.5 Å². The van der Waals surface area contributed by atoms with Gasteiger partial charge in [0, 0.05) is 29.5 Å². The highest BCUT2D eigenvalue weighted by molar-refractivity contribution is 8.00. The number of fused-ring (bicyclic) bond motifs is 1. The number of nitrogens with zero attached hydrogens (tertiary/aromatic N) is 2. The molecule has 1 aromatic heterocycles. The molecule has 148 valence electrons. The lowest BCUT2D eigenvalue weighted by atomic mass is 10.0. The Morgan fingerprint density at radius 1 is 1.32 bits per heavy atom. The lowest BCUT2D eigenvalue weighted by molar-refractivity contribution is -0.387. The van der Waals surface area contributed by atoms with E-state index in [0.717, 1.165) is 35.7 Å². The van der Waals surface area contributed by atoms with Gasteiger partial charge in [0.2, 0.25) is 11.8 Å². The van der Waals surface area contributed by atoms with E-state index in [1.807, 2.05) is 0 Å². The summed E-state index contributed by atoms with van der Waals surface area (Å²) < 4.78 is 0. The van der Waals surface area contributed by atoms with Crippen molar-refractivity contribution >= 4 is 40.6 Å². The first kappa shape index (κ1) is 20.3. The predicted octanol–water partition coefficient (Wildman–Crippen LogP) is 2.48. The van der Waals surface area contributed by atoms with Gasteiger partial charge in [0.1, 0.15) is 0 Å². The van der Waals surface area contributed by atoms with Crippen molar-refractivity contribution in [2.75, 3.05) is 12.3 Å². The monoisotopic (exact) mass is 420 g/mol. The van der Waals surface area contributed by atoms with Crippen LogP contribution in [0.15, 0.2) is 23.1 Å². The minimum Gasteiger partial charge on any atom is -0.366 e. The van der Waals surface area contributed by atoms with Gasteiger partial charge in [0.25, 0.3) is 5.69 Å². The molecule has 1 aromatic carbocycles. The highest BCUT2D eigenvalue weighted by atomic mass is 32.2. The molecule has 0 atom stereocenters. The molecule has 2 amide bonds. The predicted molar refractivity (Wildman–Crippen MR) is 108 cm³/mol. The molecule has 28 heavy (non-hydrogen) atoms. The van der Waals surface area contributed by atoms with Crippen molar-refractivity contribution in [1.29, 1.82) is 0 Å². The molecule has 0 spiro atoms. The molecule has 1 aliphatic rings. The molecule has 2 aromatic rings. The van der Waals surface area contributed by atoms with E-state index >= 15 is 0 Å². The Hall–Kier alpha value is -2.46. The molecule has 3 N–H and O–H groups in total. The zero-order valence-corrected chi connectivity index (χ0v) is 16.7. The summed E-state index contributed by atoms with van der Waals surface area (Å²) in [5.74, 6) is -0.897. The fourth-order valence-corrected chi connectivity index (χ4v) is 4.94. The Morgan fingerprint density at radius 3 is 2.82 bits per heavy atom. The maximum absolute atomic E-state index is 12.1. The van der Waals surface area contributed by atoms with E-state index in [9.17, 15) is 19.7 Å². The fourth-order valence-electron chi connectivity index (χ4n) is 2.95. The van der Waals surface area contributed by atoms with Crippen molar-refractivity contribution in [3.8, 4) is 0 Å². The van der Waals surface area contributed by atoms with E-state index in [4.69, 9.17) is 5.73 Å². The molecule has 1 aliphatic carbocycles. The van der Waals surface area contributed by atoms with Gasteiger partial charge in [0.15, 0.2) is 0 Å². The van der Waals surface area contributed by atoms with Gasteiger partial charge in [0.05, 0.1) is 26.3 Å². The van der Waals surface area contributed by atoms with E-state index in [2.05, 4.69) is 10.3 Å². The second-order valence-corrected chi connectivity index (χ2v) is 8.56. The van der Waals surface area contributed by atoms with E-state index in [0.29, 0.717) is 17.9 Å². The van der Waals surface area contributed by atoms with Crippen molar-refractivity contribution in [3.63, 3.8) is 0 Å². The topological polar surface area (TPSA) is 128 Å². The normalized spacial score (nSPS) is 13.0. The third kappa shape index (κ3) is 5.08. The first-order chi connectivity index (χ1) is 13.4. The van der Waals surface area contributed by atoms with Crippen LogP contribution >= 0.6 is 23.1 Å². The minimum absolute atomic E-state index is 0.0468. The van der Waals surface area contributed by atoms with Crippen molar-refractivity contribution in [2.45, 2.75) is 37.0 Å². The molecule has 0 bridgehead atoms. The number of thiazole rings is 1. The smallest absolute Gasteiger partial charge is 0.283 e. The third-order valence-electron chi connectivity index (χ3n) is 4.35. The zero-order chi connectivity index (χ0) is 20.1. The minimum atomic E-state index is -0.735. The quantitative estimate of drug-likeness (QED) is 0.383. The number of hydrogen-bond donors (Lipinski definition) is 2. The number of aryl methyl sites for hydroxylation is 2. The van der Waals surface area contributed by atoms with E-state index in [1.54, 1.807) is 11.3 Å². The van der Waals surface area contributed by atoms with Crippen molar-refractivity contribution < 1.29 is 14.5 Å². The van der Waals surface area contributed by atoms with E-state index in [1.165, 1.54) is 35.5 Å². The Bertz CT molecular complexity index is 889. The van der Waals surface area contributed by atoms with Gasteiger partial charge >= 0.3 is 0 Å². The number of aromatic nitrogens is 1. The van der Waals surface area contributed by atoms with Gasteiger partial charge < -0.3 is 11.1 Å². The number of rotatable bonds is 8. The van der Waals surface area contributed by atoms with Crippen LogP contribution in [0, 0.1) is 10.1 Å². The lowest BCUT2D eigenvalue weighted by Crippen LogP contribution is -2.27. The number of primary amides is 1. The molecule has 0 saturated carbocycles. The number of nitro groups is 1. The van der Waals surface area contributed by atoms with Crippen LogP contribution in [-0.2, 0) is 24.1 Å². The van der Waals surface area contributed by atoms with Gasteiger partial charge in [-0.3, -0.25) is 19.7 Å². The van der Waals surface area contributed by atoms with Crippen LogP contribution < -0.4 is 11.1 Å². The summed E-state index contributed by atoms with van der Waals surface area (Å²) in [6.45, 7) is 0.481. The summed E-state index contributed by atoms with van der Waals surface area (Å²) in [7, 11) is 0. The van der Waals surface area contributed by atoms with Crippen LogP contribution in [0.5, 0.6) is 0 Å². The Morgan fingerprint density at radius 2 is 2.11 bits per heavy atom. The number of carbonyl (C=O) groups is 2. The number of nitrogens with two attached hydrogens (primary N) is 1. The molecular weight excluding hydrogens is 400 g/mol. The fraction of sp³-hybridized carbons (Fsp3) is 0.389. The van der Waals surface area contributed by atoms with Crippen LogP contribution in [0.25, 0.3) is 0 Å². The highest BCUT2D eigenvalue weighted by Crippen LogP contribution is 2.30. The van der Waals surface area contributed by atoms with Gasteiger partial charge in [-0.25, -0.2) is 4.98 Å². The molecule has 3 rings (SSSR count). The summed E-state index contributed by atoms with van der Waals surface area (Å²) in [6.07, 6.45) is 5.23. The summed E-state index contributed by atoms with van der Waals surface area (Å²) in [4.78, 5) is 40.2. The maximum Gasteiger partial charge on any atom is 0.283 e. The number of nitro benzene ring substituents is 1. The van der Waals surface area contributed by atoms with Gasteiger partial charge in [-0.1, -0.05) is 0 Å². The second-order valence-electron chi connectivity index (χ2n) is 6.38. The van der Waals surface area contributed by atoms with Gasteiger partial charge in [-0.05, 0) is 37.8 Å². The average molecular weight is 421 g/mol. The molecule has 0 aliphatic heterocycles. The summed E-state index contributed by atoms with van der Waals surface area (Å²) in [5.41, 5.74) is 6.19. The van der Waals surface area contributed by atoms with Crippen LogP contribution in [-0.4, -0.2) is 34.0 Å². The zero-order valence-electron chi connectivity index (χ0n) is 15.1. The lowest BCUT2D eigenvalue weighted by Gasteiger charge is -2.06. The van der Waals surface area contributed by atoms with Crippen molar-refractivity contribution in [1.82, 2.24) is 10.3 Å². The van der Waals surface area contributed by atoms with E-state index < -0.39 is 10.8 Å². The summed E-state index contributed by atoms with van der Waals surface area (Å²) in [6, 6.07) is 3.99. The Balaban J connectivity index is 1.49. The first-order valence-corrected chi connectivity index (χ1v) is 10.7. The molecule has 0 unspecified atom stereocenters. The van der Waals surface area contributed by atoms with Crippen LogP contribution in [0.2, 0.25) is 0 Å². The molecule has 0 radical (unpaired) electrons. The van der Waals surface area contributed by atoms with Crippen LogP contribution in [0.1, 0.15) is 38.8 Å². The number of amides is 2.